The van der Waals surface area contributed by atoms with Crippen molar-refractivity contribution in [3.05, 3.63) is 3.70 Å². The van der Waals surface area contributed by atoms with Crippen molar-refractivity contribution in [3.8, 4) is 5.88 Å². The van der Waals surface area contributed by atoms with Crippen LogP contribution >= 0.6 is 22.6 Å². The highest BCUT2D eigenvalue weighted by molar-refractivity contribution is 14.1. The van der Waals surface area contributed by atoms with Crippen molar-refractivity contribution >= 4 is 45.7 Å². The Morgan fingerprint density at radius 3 is 2.80 bits per heavy atom. The normalized spacial score (nSPS) is 10.5. The number of carboxylic acid groups (broad SMARTS) is 1. The van der Waals surface area contributed by atoms with Gasteiger partial charge in [0, 0.05) is 0 Å². The first-order valence-electron chi connectivity index (χ1n) is 3.68. The first-order chi connectivity index (χ1) is 7.08. The van der Waals surface area contributed by atoms with Crippen LogP contribution in [0.3, 0.4) is 0 Å². The summed E-state index contributed by atoms with van der Waals surface area (Å²) in [6.45, 7) is 0. The maximum Gasteiger partial charge on any atom is 0.411 e. The zero-order chi connectivity index (χ0) is 11.0. The molecule has 0 bridgehead atoms. The summed E-state index contributed by atoms with van der Waals surface area (Å²) < 4.78 is 0.591. The molecular weight excluding hydrogens is 317 g/mol. The minimum atomic E-state index is -1.30. The van der Waals surface area contributed by atoms with Crippen LogP contribution in [0.1, 0.15) is 0 Å². The maximum atomic E-state index is 10.3. The lowest BCUT2D eigenvalue weighted by Gasteiger charge is -1.99. The Bertz CT molecular complexity index is 539. The molecule has 8 nitrogen and oxygen atoms in total. The number of fused-ring (bicyclic) bond motifs is 1. The molecule has 0 aliphatic rings. The van der Waals surface area contributed by atoms with Crippen molar-refractivity contribution < 1.29 is 15.0 Å². The summed E-state index contributed by atoms with van der Waals surface area (Å²) in [6, 6.07) is 0. The molecule has 2 aromatic heterocycles. The zero-order valence-corrected chi connectivity index (χ0v) is 9.18. The van der Waals surface area contributed by atoms with Gasteiger partial charge in [0.15, 0.2) is 5.52 Å². The van der Waals surface area contributed by atoms with Crippen molar-refractivity contribution in [3.63, 3.8) is 0 Å². The number of anilines is 1. The number of rotatable bonds is 1. The van der Waals surface area contributed by atoms with Gasteiger partial charge in [-0.2, -0.15) is 10.1 Å². The van der Waals surface area contributed by atoms with Gasteiger partial charge in [-0.25, -0.2) is 9.78 Å². The molecule has 0 fully saturated rings. The molecule has 9 heteroatoms. The third-order valence-electron chi connectivity index (χ3n) is 1.56. The second-order valence-electron chi connectivity index (χ2n) is 2.54. The molecule has 0 radical (unpaired) electrons. The van der Waals surface area contributed by atoms with Crippen LogP contribution in [0.15, 0.2) is 0 Å². The van der Waals surface area contributed by atoms with Crippen LogP contribution in [-0.2, 0) is 0 Å². The minimum absolute atomic E-state index is 0.188. The summed E-state index contributed by atoms with van der Waals surface area (Å²) in [4.78, 5) is 17.7. The highest BCUT2D eigenvalue weighted by atomic mass is 127. The summed E-state index contributed by atoms with van der Waals surface area (Å²) in [6.07, 6.45) is -1.30. The molecule has 15 heavy (non-hydrogen) atoms. The number of hydrogen-bond donors (Lipinski definition) is 4. The first kappa shape index (κ1) is 9.89. The third-order valence-corrected chi connectivity index (χ3v) is 2.31. The van der Waals surface area contributed by atoms with E-state index in [1.54, 1.807) is 0 Å². The lowest BCUT2D eigenvalue weighted by atomic mass is 10.4. The maximum absolute atomic E-state index is 10.3. The lowest BCUT2D eigenvalue weighted by molar-refractivity contribution is 0.209. The van der Waals surface area contributed by atoms with Crippen LogP contribution in [0.4, 0.5) is 10.7 Å². The van der Waals surface area contributed by atoms with E-state index in [1.807, 2.05) is 27.9 Å². The van der Waals surface area contributed by atoms with Crippen LogP contribution in [0.25, 0.3) is 11.0 Å². The molecule has 78 valence electrons. The summed E-state index contributed by atoms with van der Waals surface area (Å²) in [5.41, 5.74) is 0.571. The molecule has 0 saturated carbocycles. The lowest BCUT2D eigenvalue weighted by Crippen LogP contribution is -2.10. The van der Waals surface area contributed by atoms with E-state index in [1.165, 1.54) is 0 Å². The fourth-order valence-corrected chi connectivity index (χ4v) is 1.51. The van der Waals surface area contributed by atoms with Crippen LogP contribution in [0.2, 0.25) is 0 Å². The Balaban J connectivity index is 2.59. The molecule has 2 aromatic rings. The molecule has 0 aliphatic carbocycles. The van der Waals surface area contributed by atoms with Gasteiger partial charge in [0.25, 0.3) is 0 Å². The van der Waals surface area contributed by atoms with Gasteiger partial charge >= 0.3 is 6.09 Å². The highest BCUT2D eigenvalue weighted by Crippen LogP contribution is 2.23. The van der Waals surface area contributed by atoms with Crippen molar-refractivity contribution in [2.24, 2.45) is 0 Å². The molecule has 0 unspecified atom stereocenters. The van der Waals surface area contributed by atoms with Crippen LogP contribution in [-0.4, -0.2) is 36.5 Å². The highest BCUT2D eigenvalue weighted by Gasteiger charge is 2.13. The predicted octanol–water partition coefficient (Wildman–Crippen LogP) is 0.753. The van der Waals surface area contributed by atoms with E-state index in [4.69, 9.17) is 5.11 Å². The molecule has 0 aromatic carbocycles. The smallest absolute Gasteiger partial charge is 0.411 e. The van der Waals surface area contributed by atoms with Crippen LogP contribution in [0, 0.1) is 3.70 Å². The molecular formula is C6H4IN5O3. The van der Waals surface area contributed by atoms with Crippen molar-refractivity contribution in [2.45, 2.75) is 0 Å². The Kier molecular flexibility index (Phi) is 2.30. The van der Waals surface area contributed by atoms with Crippen molar-refractivity contribution in [1.82, 2.24) is 20.2 Å². The molecule has 0 atom stereocenters. The van der Waals surface area contributed by atoms with Gasteiger partial charge in [0.2, 0.25) is 11.8 Å². The van der Waals surface area contributed by atoms with Crippen molar-refractivity contribution in [2.75, 3.05) is 5.32 Å². The van der Waals surface area contributed by atoms with E-state index < -0.39 is 6.09 Å². The van der Waals surface area contributed by atoms with Gasteiger partial charge in [-0.1, -0.05) is 0 Å². The number of aromatic hydroxyl groups is 1. The largest absolute Gasteiger partial charge is 0.492 e. The number of carbonyl (C=O) groups is 1. The number of H-pyrrole nitrogens is 1. The van der Waals surface area contributed by atoms with E-state index in [2.05, 4.69) is 20.2 Å². The average Bonchev–Trinajstić information content (AvgIpc) is 2.47. The minimum Gasteiger partial charge on any atom is -0.492 e. The van der Waals surface area contributed by atoms with Gasteiger partial charge in [-0.15, -0.1) is 0 Å². The van der Waals surface area contributed by atoms with E-state index in [-0.39, 0.29) is 17.3 Å². The van der Waals surface area contributed by atoms with Gasteiger partial charge in [-0.3, -0.25) is 10.4 Å². The third kappa shape index (κ3) is 1.77. The van der Waals surface area contributed by atoms with E-state index in [9.17, 15) is 9.90 Å². The van der Waals surface area contributed by atoms with Gasteiger partial charge < -0.3 is 10.2 Å². The monoisotopic (exact) mass is 321 g/mol. The zero-order valence-electron chi connectivity index (χ0n) is 7.02. The quantitative estimate of drug-likeness (QED) is 0.575. The fraction of sp³-hybridized carbons (Fsp3) is 0. The number of aromatic nitrogens is 4. The van der Waals surface area contributed by atoms with Gasteiger partial charge in [0.1, 0.15) is 9.22 Å². The molecule has 0 aliphatic heterocycles. The Hall–Kier alpha value is -1.65. The molecule has 0 spiro atoms. The van der Waals surface area contributed by atoms with E-state index in [0.717, 1.165) is 0 Å². The summed E-state index contributed by atoms with van der Waals surface area (Å²) in [5, 5.41) is 26.2. The van der Waals surface area contributed by atoms with E-state index >= 15 is 0 Å². The molecule has 0 saturated heterocycles. The topological polar surface area (TPSA) is 124 Å². The molecule has 1 amide bonds. The SMILES string of the molecule is O=C(O)Nc1nc(O)c2n[nH]c(I)c2n1. The number of aromatic amines is 1. The first-order valence-corrected chi connectivity index (χ1v) is 4.76. The Morgan fingerprint density at radius 1 is 1.40 bits per heavy atom. The van der Waals surface area contributed by atoms with Gasteiger partial charge in [-0.05, 0) is 22.6 Å². The second kappa shape index (κ2) is 3.49. The van der Waals surface area contributed by atoms with Crippen molar-refractivity contribution in [1.29, 1.82) is 0 Å². The summed E-state index contributed by atoms with van der Waals surface area (Å²) in [5.74, 6) is -0.560. The Labute approximate surface area is 95.9 Å². The fourth-order valence-electron chi connectivity index (χ4n) is 1.01. The molecule has 2 heterocycles. The number of amides is 1. The predicted molar refractivity (Wildman–Crippen MR) is 57.7 cm³/mol. The Morgan fingerprint density at radius 2 is 2.13 bits per heavy atom. The number of halogens is 1. The average molecular weight is 321 g/mol. The summed E-state index contributed by atoms with van der Waals surface area (Å²) >= 11 is 1.93. The molecule has 4 N–H and O–H groups in total. The van der Waals surface area contributed by atoms with E-state index in [0.29, 0.717) is 9.22 Å². The standard InChI is InChI=1S/C6H4IN5O3/c7-3-1-2(11-12-3)4(13)9-5(8-1)10-6(14)15/h(H,11,12)(H,14,15)(H2,8,9,10,13). The summed E-state index contributed by atoms with van der Waals surface area (Å²) in [7, 11) is 0. The molecule has 2 rings (SSSR count). The van der Waals surface area contributed by atoms with Crippen LogP contribution < -0.4 is 5.32 Å². The van der Waals surface area contributed by atoms with Crippen LogP contribution in [0.5, 0.6) is 5.88 Å². The van der Waals surface area contributed by atoms with Gasteiger partial charge in [0.05, 0.1) is 0 Å². The number of nitrogens with zero attached hydrogens (tertiary/aromatic N) is 3. The second-order valence-corrected chi connectivity index (χ2v) is 3.61. The number of nitrogens with one attached hydrogen (secondary N) is 2. The number of hydrogen-bond acceptors (Lipinski definition) is 5.